The number of nitrogens with one attached hydrogen (secondary N) is 1. The van der Waals surface area contributed by atoms with Crippen LogP contribution in [0.15, 0.2) is 24.3 Å². The summed E-state index contributed by atoms with van der Waals surface area (Å²) in [6.07, 6.45) is 2.81. The third-order valence-corrected chi connectivity index (χ3v) is 4.69. The summed E-state index contributed by atoms with van der Waals surface area (Å²) in [5, 5.41) is 13.8. The van der Waals surface area contributed by atoms with Crippen LogP contribution < -0.4 is 5.32 Å². The fourth-order valence-corrected chi connectivity index (χ4v) is 4.04. The van der Waals surface area contributed by atoms with Gasteiger partial charge in [-0.15, -0.1) is 0 Å². The van der Waals surface area contributed by atoms with Gasteiger partial charge in [-0.1, -0.05) is 46.8 Å². The Hall–Kier alpha value is -1.02. The van der Waals surface area contributed by atoms with Gasteiger partial charge in [-0.25, -0.2) is 0 Å². The molecule has 21 heavy (non-hydrogen) atoms. The molecule has 0 spiro atoms. The van der Waals surface area contributed by atoms with Crippen molar-refractivity contribution in [2.24, 2.45) is 10.8 Å². The molecule has 2 rings (SSSR count). The quantitative estimate of drug-likeness (QED) is 0.834. The van der Waals surface area contributed by atoms with E-state index in [1.165, 1.54) is 11.3 Å². The van der Waals surface area contributed by atoms with Crippen molar-refractivity contribution < 1.29 is 5.11 Å². The molecule has 1 fully saturated rings. The minimum absolute atomic E-state index is 0.162. The molecule has 0 aromatic heterocycles. The molecule has 2 nitrogen and oxygen atoms in total. The second-order valence-electron chi connectivity index (χ2n) is 8.35. The van der Waals surface area contributed by atoms with Gasteiger partial charge in [-0.2, -0.15) is 0 Å². The number of aliphatic hydroxyl groups excluding tert-OH is 1. The SMILES string of the molecule is CC(C)c1cccc(NCC2(C)CC(O)CC(C)(C)C2)c1. The number of anilines is 1. The van der Waals surface area contributed by atoms with E-state index in [2.05, 4.69) is 64.2 Å². The molecule has 2 N–H and O–H groups in total. The van der Waals surface area contributed by atoms with Gasteiger partial charge < -0.3 is 10.4 Å². The van der Waals surface area contributed by atoms with E-state index < -0.39 is 0 Å². The van der Waals surface area contributed by atoms with Gasteiger partial charge in [0.25, 0.3) is 0 Å². The van der Waals surface area contributed by atoms with Gasteiger partial charge in [-0.3, -0.25) is 0 Å². The molecule has 0 amide bonds. The fraction of sp³-hybridized carbons (Fsp3) is 0.684. The molecule has 2 unspecified atom stereocenters. The minimum atomic E-state index is -0.164. The first-order chi connectivity index (χ1) is 9.69. The number of hydrogen-bond donors (Lipinski definition) is 2. The Labute approximate surface area is 130 Å². The van der Waals surface area contributed by atoms with Crippen LogP contribution in [0.25, 0.3) is 0 Å². The Bertz CT molecular complexity index is 480. The molecule has 0 aliphatic heterocycles. The van der Waals surface area contributed by atoms with Gasteiger partial charge >= 0.3 is 0 Å². The average molecular weight is 289 g/mol. The van der Waals surface area contributed by atoms with Gasteiger partial charge in [0.15, 0.2) is 0 Å². The molecule has 1 saturated carbocycles. The summed E-state index contributed by atoms with van der Waals surface area (Å²) < 4.78 is 0. The third-order valence-electron chi connectivity index (χ3n) is 4.69. The second-order valence-corrected chi connectivity index (χ2v) is 8.35. The standard InChI is InChI=1S/C19H31NO/c1-14(2)15-7-6-8-16(9-15)20-13-19(5)11-17(21)10-18(3,4)12-19/h6-9,14,17,20-21H,10-13H2,1-5H3. The van der Waals surface area contributed by atoms with E-state index in [0.717, 1.165) is 25.8 Å². The van der Waals surface area contributed by atoms with Crippen LogP contribution in [-0.2, 0) is 0 Å². The van der Waals surface area contributed by atoms with E-state index in [4.69, 9.17) is 0 Å². The van der Waals surface area contributed by atoms with Gasteiger partial charge in [0.05, 0.1) is 6.10 Å². The third kappa shape index (κ3) is 4.47. The smallest absolute Gasteiger partial charge is 0.0551 e. The minimum Gasteiger partial charge on any atom is -0.393 e. The zero-order chi connectivity index (χ0) is 15.7. The highest BCUT2D eigenvalue weighted by molar-refractivity contribution is 5.46. The summed E-state index contributed by atoms with van der Waals surface area (Å²) in [6.45, 7) is 12.2. The lowest BCUT2D eigenvalue weighted by Gasteiger charge is -2.45. The first-order valence-electron chi connectivity index (χ1n) is 8.21. The van der Waals surface area contributed by atoms with E-state index in [-0.39, 0.29) is 16.9 Å². The molecule has 1 aromatic carbocycles. The van der Waals surface area contributed by atoms with Crippen molar-refractivity contribution in [3.8, 4) is 0 Å². The molecule has 0 heterocycles. The summed E-state index contributed by atoms with van der Waals surface area (Å²) in [6, 6.07) is 8.70. The Morgan fingerprint density at radius 1 is 1.24 bits per heavy atom. The van der Waals surface area contributed by atoms with Crippen molar-refractivity contribution in [1.29, 1.82) is 0 Å². The van der Waals surface area contributed by atoms with Crippen LogP contribution in [0, 0.1) is 10.8 Å². The summed E-state index contributed by atoms with van der Waals surface area (Å²) in [5.41, 5.74) is 2.96. The Kier molecular flexibility index (Phi) is 4.67. The average Bonchev–Trinajstić information content (AvgIpc) is 2.34. The molecule has 0 radical (unpaired) electrons. The van der Waals surface area contributed by atoms with E-state index >= 15 is 0 Å². The second kappa shape index (κ2) is 6.00. The topological polar surface area (TPSA) is 32.3 Å². The lowest BCUT2D eigenvalue weighted by molar-refractivity contribution is -0.00317. The fourth-order valence-electron chi connectivity index (χ4n) is 4.04. The Balaban J connectivity index is 2.03. The van der Waals surface area contributed by atoms with E-state index in [1.54, 1.807) is 0 Å². The van der Waals surface area contributed by atoms with Crippen LogP contribution in [0.1, 0.15) is 65.4 Å². The predicted octanol–water partition coefficient (Wildman–Crippen LogP) is 4.80. The van der Waals surface area contributed by atoms with Crippen molar-refractivity contribution >= 4 is 5.69 Å². The van der Waals surface area contributed by atoms with Gasteiger partial charge in [-0.05, 0) is 53.7 Å². The van der Waals surface area contributed by atoms with Crippen LogP contribution in [0.5, 0.6) is 0 Å². The van der Waals surface area contributed by atoms with Crippen molar-refractivity contribution in [3.05, 3.63) is 29.8 Å². The molecule has 2 atom stereocenters. The maximum atomic E-state index is 10.2. The first kappa shape index (κ1) is 16.4. The maximum Gasteiger partial charge on any atom is 0.0551 e. The first-order valence-corrected chi connectivity index (χ1v) is 8.21. The zero-order valence-corrected chi connectivity index (χ0v) is 14.2. The molecule has 1 aromatic rings. The number of hydrogen-bond acceptors (Lipinski definition) is 2. The number of benzene rings is 1. The van der Waals surface area contributed by atoms with Crippen LogP contribution in [-0.4, -0.2) is 17.8 Å². The number of aliphatic hydroxyl groups is 1. The van der Waals surface area contributed by atoms with Crippen LogP contribution in [0.3, 0.4) is 0 Å². The summed E-state index contributed by atoms with van der Waals surface area (Å²) in [4.78, 5) is 0. The van der Waals surface area contributed by atoms with E-state index in [1.807, 2.05) is 0 Å². The van der Waals surface area contributed by atoms with Gasteiger partial charge in [0.1, 0.15) is 0 Å². The lowest BCUT2D eigenvalue weighted by atomic mass is 9.63. The highest BCUT2D eigenvalue weighted by Crippen LogP contribution is 2.46. The van der Waals surface area contributed by atoms with Gasteiger partial charge in [0.2, 0.25) is 0 Å². The highest BCUT2D eigenvalue weighted by atomic mass is 16.3. The Morgan fingerprint density at radius 3 is 2.57 bits per heavy atom. The molecule has 118 valence electrons. The molecular weight excluding hydrogens is 258 g/mol. The van der Waals surface area contributed by atoms with Crippen LogP contribution in [0.2, 0.25) is 0 Å². The van der Waals surface area contributed by atoms with Crippen molar-refractivity contribution in [3.63, 3.8) is 0 Å². The predicted molar refractivity (Wildman–Crippen MR) is 90.8 cm³/mol. The maximum absolute atomic E-state index is 10.2. The zero-order valence-electron chi connectivity index (χ0n) is 14.2. The normalized spacial score (nSPS) is 28.6. The van der Waals surface area contributed by atoms with E-state index in [9.17, 15) is 5.11 Å². The monoisotopic (exact) mass is 289 g/mol. The Morgan fingerprint density at radius 2 is 1.95 bits per heavy atom. The van der Waals surface area contributed by atoms with E-state index in [0.29, 0.717) is 5.92 Å². The molecule has 1 aliphatic carbocycles. The molecule has 0 bridgehead atoms. The number of rotatable bonds is 4. The summed E-state index contributed by atoms with van der Waals surface area (Å²) >= 11 is 0. The highest BCUT2D eigenvalue weighted by Gasteiger charge is 2.40. The van der Waals surface area contributed by atoms with Crippen molar-refractivity contribution in [2.45, 2.75) is 65.9 Å². The largest absolute Gasteiger partial charge is 0.393 e. The van der Waals surface area contributed by atoms with Crippen molar-refractivity contribution in [1.82, 2.24) is 0 Å². The molecular formula is C19H31NO. The molecule has 1 aliphatic rings. The van der Waals surface area contributed by atoms with Crippen molar-refractivity contribution in [2.75, 3.05) is 11.9 Å². The van der Waals surface area contributed by atoms with Crippen LogP contribution in [0.4, 0.5) is 5.69 Å². The van der Waals surface area contributed by atoms with Gasteiger partial charge in [0, 0.05) is 12.2 Å². The van der Waals surface area contributed by atoms with Crippen LogP contribution >= 0.6 is 0 Å². The summed E-state index contributed by atoms with van der Waals surface area (Å²) in [5.74, 6) is 0.553. The molecule has 2 heteroatoms. The lowest BCUT2D eigenvalue weighted by Crippen LogP contribution is -2.42. The summed E-state index contributed by atoms with van der Waals surface area (Å²) in [7, 11) is 0. The molecule has 0 saturated heterocycles.